The molecule has 0 spiro atoms. The van der Waals surface area contributed by atoms with Crippen LogP contribution in [0.4, 0.5) is 24.7 Å². The summed E-state index contributed by atoms with van der Waals surface area (Å²) in [6.07, 6.45) is -3.26. The zero-order valence-corrected chi connectivity index (χ0v) is 16.6. The first-order chi connectivity index (χ1) is 14.9. The first-order valence-electron chi connectivity index (χ1n) is 10.0. The highest BCUT2D eigenvalue weighted by atomic mass is 19.4. The number of hydrogen-bond acceptors (Lipinski definition) is 4. The number of benzene rings is 2. The van der Waals surface area contributed by atoms with E-state index in [1.807, 2.05) is 42.5 Å². The van der Waals surface area contributed by atoms with E-state index in [0.717, 1.165) is 29.2 Å². The fraction of sp³-hybridized carbons (Fsp3) is 0.261. The van der Waals surface area contributed by atoms with Crippen molar-refractivity contribution in [1.82, 2.24) is 10.2 Å². The number of nitrogens with one attached hydrogen (secondary N) is 1. The van der Waals surface area contributed by atoms with Gasteiger partial charge >= 0.3 is 6.18 Å². The average molecular weight is 426 g/mol. The molecule has 1 N–H and O–H groups in total. The van der Waals surface area contributed by atoms with Crippen molar-refractivity contribution >= 4 is 17.4 Å². The lowest BCUT2D eigenvalue weighted by Crippen LogP contribution is -2.38. The Balaban J connectivity index is 1.34. The van der Waals surface area contributed by atoms with Crippen LogP contribution in [-0.2, 0) is 11.0 Å². The number of amides is 1. The number of alkyl halides is 3. The lowest BCUT2D eigenvalue weighted by molar-refractivity contribution is -0.137. The van der Waals surface area contributed by atoms with Gasteiger partial charge in [0.25, 0.3) is 0 Å². The van der Waals surface area contributed by atoms with Crippen LogP contribution < -0.4 is 10.2 Å². The Hall–Kier alpha value is -3.42. The summed E-state index contributed by atoms with van der Waals surface area (Å²) in [5.74, 6) is 0.225. The fourth-order valence-electron chi connectivity index (χ4n) is 3.65. The molecule has 1 aromatic heterocycles. The lowest BCUT2D eigenvalue weighted by atomic mass is 9.95. The van der Waals surface area contributed by atoms with Gasteiger partial charge in [0, 0.05) is 30.3 Å². The maximum absolute atomic E-state index is 12.9. The summed E-state index contributed by atoms with van der Waals surface area (Å²) >= 11 is 0. The minimum absolute atomic E-state index is 0.157. The number of carbonyl (C=O) groups is 1. The van der Waals surface area contributed by atoms with Crippen molar-refractivity contribution in [2.45, 2.75) is 19.0 Å². The van der Waals surface area contributed by atoms with Crippen molar-refractivity contribution < 1.29 is 18.0 Å². The lowest BCUT2D eigenvalue weighted by Gasteiger charge is -2.31. The molecular formula is C23H21F3N4O. The highest BCUT2D eigenvalue weighted by Crippen LogP contribution is 2.31. The maximum atomic E-state index is 12.9. The minimum Gasteiger partial charge on any atom is -0.355 e. The molecule has 5 nitrogen and oxygen atoms in total. The Kier molecular flexibility index (Phi) is 5.88. The Morgan fingerprint density at radius 3 is 2.32 bits per heavy atom. The summed E-state index contributed by atoms with van der Waals surface area (Å²) < 4.78 is 38.6. The highest BCUT2D eigenvalue weighted by Gasteiger charge is 2.31. The molecule has 1 fully saturated rings. The first-order valence-corrected chi connectivity index (χ1v) is 10.0. The predicted molar refractivity (Wildman–Crippen MR) is 112 cm³/mol. The molecule has 1 saturated heterocycles. The van der Waals surface area contributed by atoms with Gasteiger partial charge in [0.15, 0.2) is 5.82 Å². The highest BCUT2D eigenvalue weighted by molar-refractivity contribution is 5.92. The zero-order chi connectivity index (χ0) is 21.8. The van der Waals surface area contributed by atoms with E-state index in [-0.39, 0.29) is 17.5 Å². The number of halogens is 3. The van der Waals surface area contributed by atoms with E-state index >= 15 is 0 Å². The topological polar surface area (TPSA) is 58.1 Å². The Labute approximate surface area is 177 Å². The first kappa shape index (κ1) is 20.8. The third kappa shape index (κ3) is 5.02. The van der Waals surface area contributed by atoms with Crippen LogP contribution in [0.25, 0.3) is 11.3 Å². The number of piperidine rings is 1. The van der Waals surface area contributed by atoms with E-state index in [4.69, 9.17) is 0 Å². The van der Waals surface area contributed by atoms with Gasteiger partial charge in [-0.1, -0.05) is 36.4 Å². The number of aromatic nitrogens is 2. The van der Waals surface area contributed by atoms with E-state index in [1.165, 1.54) is 12.1 Å². The zero-order valence-electron chi connectivity index (χ0n) is 16.6. The number of anilines is 2. The van der Waals surface area contributed by atoms with Gasteiger partial charge in [-0.2, -0.15) is 13.2 Å². The van der Waals surface area contributed by atoms with Gasteiger partial charge in [0.2, 0.25) is 5.91 Å². The summed E-state index contributed by atoms with van der Waals surface area (Å²) in [5.41, 5.74) is 1.16. The van der Waals surface area contributed by atoms with Gasteiger partial charge in [-0.05, 0) is 43.2 Å². The normalized spacial score (nSPS) is 15.0. The van der Waals surface area contributed by atoms with Crippen molar-refractivity contribution in [2.24, 2.45) is 5.92 Å². The molecule has 1 aliphatic rings. The predicted octanol–water partition coefficient (Wildman–Crippen LogP) is 5.02. The van der Waals surface area contributed by atoms with Crippen LogP contribution in [0, 0.1) is 5.92 Å². The van der Waals surface area contributed by atoms with Crippen molar-refractivity contribution in [3.05, 3.63) is 72.3 Å². The molecule has 0 atom stereocenters. The SMILES string of the molecule is O=C(Nc1cccc(C(F)(F)F)c1)C1CCN(c2ccc(-c3ccccc3)nn2)CC1. The summed E-state index contributed by atoms with van der Waals surface area (Å²) in [5, 5.41) is 11.2. The standard InChI is InChI=1S/C23H21F3N4O/c24-23(25,26)18-7-4-8-19(15-18)27-22(31)17-11-13-30(14-12-17)21-10-9-20(28-29-21)16-5-2-1-3-6-16/h1-10,15,17H,11-14H2,(H,27,31). The fourth-order valence-corrected chi connectivity index (χ4v) is 3.65. The molecule has 0 bridgehead atoms. The van der Waals surface area contributed by atoms with Gasteiger partial charge in [-0.25, -0.2) is 0 Å². The van der Waals surface area contributed by atoms with Crippen LogP contribution in [0.2, 0.25) is 0 Å². The molecule has 4 rings (SSSR count). The molecule has 2 aromatic carbocycles. The van der Waals surface area contributed by atoms with Crippen LogP contribution >= 0.6 is 0 Å². The second-order valence-electron chi connectivity index (χ2n) is 7.47. The number of hydrogen-bond donors (Lipinski definition) is 1. The van der Waals surface area contributed by atoms with Crippen molar-refractivity contribution in [1.29, 1.82) is 0 Å². The molecule has 0 unspecified atom stereocenters. The van der Waals surface area contributed by atoms with Crippen LogP contribution in [-0.4, -0.2) is 29.2 Å². The van der Waals surface area contributed by atoms with E-state index < -0.39 is 11.7 Å². The summed E-state index contributed by atoms with van der Waals surface area (Å²) in [7, 11) is 0. The third-order valence-electron chi connectivity index (χ3n) is 5.37. The molecule has 31 heavy (non-hydrogen) atoms. The van der Waals surface area contributed by atoms with E-state index in [9.17, 15) is 18.0 Å². The molecule has 0 saturated carbocycles. The molecule has 1 amide bonds. The van der Waals surface area contributed by atoms with Gasteiger partial charge in [0.1, 0.15) is 0 Å². The molecule has 1 aliphatic heterocycles. The third-order valence-corrected chi connectivity index (χ3v) is 5.37. The second kappa shape index (κ2) is 8.75. The Bertz CT molecular complexity index is 1030. The smallest absolute Gasteiger partial charge is 0.355 e. The van der Waals surface area contributed by atoms with Crippen molar-refractivity contribution in [2.75, 3.05) is 23.3 Å². The van der Waals surface area contributed by atoms with Gasteiger partial charge in [-0.15, -0.1) is 10.2 Å². The molecule has 3 aromatic rings. The van der Waals surface area contributed by atoms with Gasteiger partial charge in [-0.3, -0.25) is 4.79 Å². The molecule has 0 radical (unpaired) electrons. The molecule has 160 valence electrons. The largest absolute Gasteiger partial charge is 0.416 e. The monoisotopic (exact) mass is 426 g/mol. The number of rotatable bonds is 4. The van der Waals surface area contributed by atoms with E-state index in [2.05, 4.69) is 20.4 Å². The molecule has 8 heteroatoms. The average Bonchev–Trinajstić information content (AvgIpc) is 2.79. The van der Waals surface area contributed by atoms with E-state index in [1.54, 1.807) is 0 Å². The molecular weight excluding hydrogens is 405 g/mol. The Morgan fingerprint density at radius 2 is 1.68 bits per heavy atom. The maximum Gasteiger partial charge on any atom is 0.416 e. The van der Waals surface area contributed by atoms with Crippen LogP contribution in [0.3, 0.4) is 0 Å². The number of nitrogens with zero attached hydrogens (tertiary/aromatic N) is 3. The van der Waals surface area contributed by atoms with Crippen LogP contribution in [0.15, 0.2) is 66.7 Å². The second-order valence-corrected chi connectivity index (χ2v) is 7.47. The quantitative estimate of drug-likeness (QED) is 0.637. The van der Waals surface area contributed by atoms with Crippen molar-refractivity contribution in [3.63, 3.8) is 0 Å². The summed E-state index contributed by atoms with van der Waals surface area (Å²) in [6, 6.07) is 18.3. The van der Waals surface area contributed by atoms with Crippen LogP contribution in [0.5, 0.6) is 0 Å². The summed E-state index contributed by atoms with van der Waals surface area (Å²) in [6.45, 7) is 1.25. The Morgan fingerprint density at radius 1 is 0.935 bits per heavy atom. The minimum atomic E-state index is -4.44. The van der Waals surface area contributed by atoms with Crippen molar-refractivity contribution in [3.8, 4) is 11.3 Å². The summed E-state index contributed by atoms with van der Waals surface area (Å²) in [4.78, 5) is 14.6. The van der Waals surface area contributed by atoms with Gasteiger partial charge < -0.3 is 10.2 Å². The molecule has 2 heterocycles. The molecule has 0 aliphatic carbocycles. The van der Waals surface area contributed by atoms with E-state index in [0.29, 0.717) is 25.9 Å². The van der Waals surface area contributed by atoms with Crippen LogP contribution in [0.1, 0.15) is 18.4 Å². The number of carbonyl (C=O) groups excluding carboxylic acids is 1. The van der Waals surface area contributed by atoms with Gasteiger partial charge in [0.05, 0.1) is 11.3 Å².